The number of thiocarbonyl (C=S) groups is 1. The molecular formula is C19H20ClN3O4S. The Balaban J connectivity index is 2.18. The highest BCUT2D eigenvalue weighted by molar-refractivity contribution is 7.80. The van der Waals surface area contributed by atoms with E-state index in [2.05, 4.69) is 10.6 Å². The molecule has 28 heavy (non-hydrogen) atoms. The topological polar surface area (TPSA) is 104 Å². The third kappa shape index (κ3) is 4.96. The number of nitrogens with zero attached hydrogens (tertiary/aromatic N) is 1. The maximum absolute atomic E-state index is 12.4. The number of nitrogens with one attached hydrogen (secondary N) is 2. The second-order valence-electron chi connectivity index (χ2n) is 7.27. The van der Waals surface area contributed by atoms with Crippen molar-refractivity contribution in [3.63, 3.8) is 0 Å². The molecule has 1 amide bonds. The number of nitro benzene ring substituents is 1. The first-order valence-electron chi connectivity index (χ1n) is 8.30. The molecule has 0 bridgehead atoms. The van der Waals surface area contributed by atoms with Crippen molar-refractivity contribution in [2.45, 2.75) is 33.1 Å². The molecule has 0 spiro atoms. The van der Waals surface area contributed by atoms with Crippen LogP contribution in [0, 0.1) is 17.0 Å². The Labute approximate surface area is 172 Å². The molecule has 0 saturated carbocycles. The van der Waals surface area contributed by atoms with Gasteiger partial charge in [0, 0.05) is 17.2 Å². The number of phenols is 1. The van der Waals surface area contributed by atoms with E-state index >= 15 is 0 Å². The minimum Gasteiger partial charge on any atom is -0.504 e. The van der Waals surface area contributed by atoms with Crippen LogP contribution in [0.2, 0.25) is 5.02 Å². The summed E-state index contributed by atoms with van der Waals surface area (Å²) >= 11 is 11.2. The van der Waals surface area contributed by atoms with Gasteiger partial charge in [-0.2, -0.15) is 0 Å². The lowest BCUT2D eigenvalue weighted by molar-refractivity contribution is -0.385. The second kappa shape index (κ2) is 8.12. The molecule has 0 aromatic heterocycles. The summed E-state index contributed by atoms with van der Waals surface area (Å²) in [5.41, 5.74) is 1.43. The van der Waals surface area contributed by atoms with Crippen molar-refractivity contribution < 1.29 is 14.8 Å². The van der Waals surface area contributed by atoms with Crippen molar-refractivity contribution in [2.75, 3.05) is 5.32 Å². The number of aryl methyl sites for hydroxylation is 1. The number of nitro groups is 1. The highest BCUT2D eigenvalue weighted by atomic mass is 35.5. The zero-order valence-electron chi connectivity index (χ0n) is 15.8. The highest BCUT2D eigenvalue weighted by Gasteiger charge is 2.19. The van der Waals surface area contributed by atoms with E-state index in [-0.39, 0.29) is 38.2 Å². The highest BCUT2D eigenvalue weighted by Crippen LogP contribution is 2.37. The Morgan fingerprint density at radius 1 is 1.25 bits per heavy atom. The van der Waals surface area contributed by atoms with Gasteiger partial charge in [-0.3, -0.25) is 20.2 Å². The molecule has 0 aliphatic carbocycles. The Bertz CT molecular complexity index is 970. The van der Waals surface area contributed by atoms with E-state index in [9.17, 15) is 20.0 Å². The van der Waals surface area contributed by atoms with Crippen molar-refractivity contribution in [1.29, 1.82) is 0 Å². The summed E-state index contributed by atoms with van der Waals surface area (Å²) in [6, 6.07) is 7.39. The first-order chi connectivity index (χ1) is 12.9. The van der Waals surface area contributed by atoms with E-state index in [1.165, 1.54) is 18.2 Å². The van der Waals surface area contributed by atoms with E-state index < -0.39 is 10.8 Å². The molecule has 0 saturated heterocycles. The van der Waals surface area contributed by atoms with Crippen molar-refractivity contribution in [3.8, 4) is 5.75 Å². The van der Waals surface area contributed by atoms with E-state index in [0.717, 1.165) is 5.56 Å². The van der Waals surface area contributed by atoms with Crippen LogP contribution in [0.3, 0.4) is 0 Å². The molecule has 0 aliphatic heterocycles. The lowest BCUT2D eigenvalue weighted by atomic mass is 9.87. The van der Waals surface area contributed by atoms with E-state index in [1.54, 1.807) is 19.1 Å². The van der Waals surface area contributed by atoms with Gasteiger partial charge >= 0.3 is 0 Å². The number of benzene rings is 2. The van der Waals surface area contributed by atoms with Gasteiger partial charge in [-0.15, -0.1) is 0 Å². The summed E-state index contributed by atoms with van der Waals surface area (Å²) in [7, 11) is 0. The van der Waals surface area contributed by atoms with Gasteiger partial charge in [-0.1, -0.05) is 32.4 Å². The summed E-state index contributed by atoms with van der Waals surface area (Å²) in [5, 5.41) is 26.4. The van der Waals surface area contributed by atoms with Gasteiger partial charge in [0.05, 0.1) is 15.6 Å². The molecule has 2 rings (SSSR count). The first-order valence-corrected chi connectivity index (χ1v) is 9.09. The lowest BCUT2D eigenvalue weighted by Gasteiger charge is -2.21. The molecule has 2 aromatic rings. The number of hydrogen-bond donors (Lipinski definition) is 3. The fourth-order valence-corrected chi connectivity index (χ4v) is 2.88. The summed E-state index contributed by atoms with van der Waals surface area (Å²) in [5.74, 6) is -0.717. The van der Waals surface area contributed by atoms with Crippen LogP contribution in [0.4, 0.5) is 11.4 Å². The number of phenolic OH excluding ortho intramolecular Hbond substituents is 1. The largest absolute Gasteiger partial charge is 0.504 e. The number of carbonyl (C=O) groups is 1. The second-order valence-corrected chi connectivity index (χ2v) is 8.09. The fourth-order valence-electron chi connectivity index (χ4n) is 2.46. The third-order valence-electron chi connectivity index (χ3n) is 4.06. The van der Waals surface area contributed by atoms with Gasteiger partial charge < -0.3 is 10.4 Å². The molecule has 7 nitrogen and oxygen atoms in total. The maximum Gasteiger partial charge on any atom is 0.272 e. The van der Waals surface area contributed by atoms with Gasteiger partial charge in [-0.05, 0) is 54.4 Å². The van der Waals surface area contributed by atoms with Crippen molar-refractivity contribution in [3.05, 3.63) is 62.2 Å². The molecule has 148 valence electrons. The Hall–Kier alpha value is -2.71. The first kappa shape index (κ1) is 21.6. The Kier molecular flexibility index (Phi) is 6.26. The van der Waals surface area contributed by atoms with Gasteiger partial charge in [0.2, 0.25) is 0 Å². The number of anilines is 1. The third-order valence-corrected chi connectivity index (χ3v) is 4.55. The fraction of sp³-hybridized carbons (Fsp3) is 0.263. The number of carbonyl (C=O) groups excluding carboxylic acids is 1. The van der Waals surface area contributed by atoms with Gasteiger partial charge in [0.25, 0.3) is 11.6 Å². The SMILES string of the molecule is Cc1cc(C(=O)NC(=S)Nc2cc(C(C)(C)C)cc(Cl)c2O)ccc1[N+](=O)[O-]. The molecule has 0 fully saturated rings. The number of aromatic hydroxyl groups is 1. The minimum absolute atomic E-state index is 0.0431. The number of halogens is 1. The summed E-state index contributed by atoms with van der Waals surface area (Å²) in [6.07, 6.45) is 0. The molecule has 0 radical (unpaired) electrons. The van der Waals surface area contributed by atoms with Crippen LogP contribution in [0.5, 0.6) is 5.75 Å². The Morgan fingerprint density at radius 2 is 1.89 bits per heavy atom. The smallest absolute Gasteiger partial charge is 0.272 e. The van der Waals surface area contributed by atoms with Crippen molar-refractivity contribution in [1.82, 2.24) is 5.32 Å². The van der Waals surface area contributed by atoms with E-state index in [4.69, 9.17) is 23.8 Å². The lowest BCUT2D eigenvalue weighted by Crippen LogP contribution is -2.34. The number of rotatable bonds is 3. The summed E-state index contributed by atoms with van der Waals surface area (Å²) < 4.78 is 0. The van der Waals surface area contributed by atoms with Crippen LogP contribution in [0.15, 0.2) is 30.3 Å². The average Bonchev–Trinajstić information content (AvgIpc) is 2.57. The quantitative estimate of drug-likeness (QED) is 0.287. The molecule has 3 N–H and O–H groups in total. The zero-order valence-corrected chi connectivity index (χ0v) is 17.4. The Morgan fingerprint density at radius 3 is 2.43 bits per heavy atom. The molecular weight excluding hydrogens is 402 g/mol. The van der Waals surface area contributed by atoms with Crippen LogP contribution in [0.1, 0.15) is 42.3 Å². The minimum atomic E-state index is -0.534. The number of hydrogen-bond acceptors (Lipinski definition) is 5. The normalized spacial score (nSPS) is 11.0. The van der Waals surface area contributed by atoms with Crippen LogP contribution in [-0.4, -0.2) is 21.0 Å². The van der Waals surface area contributed by atoms with Crippen molar-refractivity contribution in [2.24, 2.45) is 0 Å². The van der Waals surface area contributed by atoms with Crippen LogP contribution < -0.4 is 10.6 Å². The molecule has 0 unspecified atom stereocenters. The molecule has 9 heteroatoms. The van der Waals surface area contributed by atoms with E-state index in [1.807, 2.05) is 20.8 Å². The van der Waals surface area contributed by atoms with Gasteiger partial charge in [0.1, 0.15) is 0 Å². The number of amides is 1. The van der Waals surface area contributed by atoms with Crippen LogP contribution >= 0.6 is 23.8 Å². The molecule has 0 aliphatic rings. The summed E-state index contributed by atoms with van der Waals surface area (Å²) in [4.78, 5) is 22.7. The summed E-state index contributed by atoms with van der Waals surface area (Å²) in [6.45, 7) is 7.53. The molecule has 0 heterocycles. The van der Waals surface area contributed by atoms with E-state index in [0.29, 0.717) is 5.56 Å². The van der Waals surface area contributed by atoms with Gasteiger partial charge in [0.15, 0.2) is 10.9 Å². The average molecular weight is 422 g/mol. The molecule has 0 atom stereocenters. The maximum atomic E-state index is 12.4. The van der Waals surface area contributed by atoms with Gasteiger partial charge in [-0.25, -0.2) is 0 Å². The standard InChI is InChI=1S/C19H20ClN3O4S/c1-10-7-11(5-6-15(10)23(26)27)17(25)22-18(28)21-14-9-12(19(2,3)4)8-13(20)16(14)24/h5-9,24H,1-4H3,(H2,21,22,25,28). The zero-order chi connectivity index (χ0) is 21.2. The van der Waals surface area contributed by atoms with Crippen molar-refractivity contribution >= 4 is 46.2 Å². The predicted octanol–water partition coefficient (Wildman–Crippen LogP) is 4.69. The monoisotopic (exact) mass is 421 g/mol. The van der Waals surface area contributed by atoms with Crippen LogP contribution in [-0.2, 0) is 5.41 Å². The van der Waals surface area contributed by atoms with Crippen LogP contribution in [0.25, 0.3) is 0 Å². The predicted molar refractivity (Wildman–Crippen MR) is 113 cm³/mol. The molecule has 2 aromatic carbocycles.